The van der Waals surface area contributed by atoms with Crippen LogP contribution in [0.2, 0.25) is 0 Å². The van der Waals surface area contributed by atoms with Gasteiger partial charge in [-0.3, -0.25) is 0 Å². The first-order chi connectivity index (χ1) is 16.4. The molecule has 9 heteroatoms. The van der Waals surface area contributed by atoms with Crippen molar-refractivity contribution in [2.45, 2.75) is 25.6 Å². The third-order valence-corrected chi connectivity index (χ3v) is 6.24. The van der Waals surface area contributed by atoms with Crippen LogP contribution >= 0.6 is 11.8 Å². The van der Waals surface area contributed by atoms with Crippen LogP contribution in [0, 0.1) is 0 Å². The van der Waals surface area contributed by atoms with Crippen LogP contribution in [0.15, 0.2) is 52.7 Å². The Kier molecular flexibility index (Phi) is 8.70. The van der Waals surface area contributed by atoms with Gasteiger partial charge in [-0.1, -0.05) is 11.8 Å². The van der Waals surface area contributed by atoms with Crippen LogP contribution in [-0.4, -0.2) is 46.2 Å². The molecule has 1 aliphatic rings. The van der Waals surface area contributed by atoms with Gasteiger partial charge in [-0.2, -0.15) is 0 Å². The van der Waals surface area contributed by atoms with E-state index >= 15 is 0 Å². The number of rotatable bonds is 9. The third-order valence-electron chi connectivity index (χ3n) is 5.30. The predicted molar refractivity (Wildman–Crippen MR) is 133 cm³/mol. The number of amidine groups is 1. The summed E-state index contributed by atoms with van der Waals surface area (Å²) >= 11 is 1.50. The van der Waals surface area contributed by atoms with Crippen LogP contribution in [0.4, 0.5) is 0 Å². The molecule has 0 saturated heterocycles. The lowest BCUT2D eigenvalue weighted by atomic mass is 9.95. The van der Waals surface area contributed by atoms with Crippen LogP contribution in [0.5, 0.6) is 23.0 Å². The summed E-state index contributed by atoms with van der Waals surface area (Å²) in [6.07, 6.45) is 0. The Morgan fingerprint density at radius 3 is 2.29 bits per heavy atom. The monoisotopic (exact) mass is 486 g/mol. The number of hydrogen-bond donors (Lipinski definition) is 1. The van der Waals surface area contributed by atoms with Crippen molar-refractivity contribution in [3.8, 4) is 23.0 Å². The number of benzene rings is 2. The molecule has 0 bridgehead atoms. The molecule has 0 aromatic heterocycles. The lowest BCUT2D eigenvalue weighted by Crippen LogP contribution is -2.30. The number of hydrogen-bond acceptors (Lipinski definition) is 9. The van der Waals surface area contributed by atoms with E-state index in [4.69, 9.17) is 28.7 Å². The second-order valence-corrected chi connectivity index (χ2v) is 8.26. The largest absolute Gasteiger partial charge is 0.497 e. The van der Waals surface area contributed by atoms with E-state index in [1.807, 2.05) is 37.3 Å². The van der Waals surface area contributed by atoms with E-state index in [0.717, 1.165) is 22.6 Å². The molecular weight excluding hydrogens is 456 g/mol. The molecule has 34 heavy (non-hydrogen) atoms. The van der Waals surface area contributed by atoms with Crippen molar-refractivity contribution < 1.29 is 28.5 Å². The third kappa shape index (κ3) is 5.59. The zero-order valence-electron chi connectivity index (χ0n) is 20.3. The molecule has 2 aromatic carbocycles. The Bertz CT molecular complexity index is 1100. The maximum atomic E-state index is 12.9. The Hall–Kier alpha value is -3.33. The molecular formula is C25H30N2O6S. The zero-order chi connectivity index (χ0) is 24.7. The van der Waals surface area contributed by atoms with Crippen LogP contribution < -0.4 is 24.3 Å². The molecule has 8 nitrogen and oxygen atoms in total. The van der Waals surface area contributed by atoms with E-state index in [1.54, 1.807) is 41.4 Å². The first-order valence-corrected chi connectivity index (χ1v) is 11.7. The number of thioether (sulfide) groups is 1. The van der Waals surface area contributed by atoms with Crippen molar-refractivity contribution in [2.75, 3.05) is 35.0 Å². The number of esters is 1. The van der Waals surface area contributed by atoms with Gasteiger partial charge in [0.05, 0.1) is 40.6 Å². The van der Waals surface area contributed by atoms with Gasteiger partial charge in [0.15, 0.2) is 5.17 Å². The number of ether oxygens (including phenoxy) is 5. The van der Waals surface area contributed by atoms with Crippen molar-refractivity contribution in [3.63, 3.8) is 0 Å². The number of carbonyl (C=O) groups excluding carboxylic acids is 1. The van der Waals surface area contributed by atoms with E-state index in [9.17, 15) is 4.79 Å². The minimum atomic E-state index is -0.601. The van der Waals surface area contributed by atoms with Gasteiger partial charge >= 0.3 is 5.97 Å². The summed E-state index contributed by atoms with van der Waals surface area (Å²) < 4.78 is 27.1. The Balaban J connectivity index is 1.97. The summed E-state index contributed by atoms with van der Waals surface area (Å²) in [4.78, 5) is 17.7. The van der Waals surface area contributed by atoms with Gasteiger partial charge in [0.2, 0.25) is 0 Å². The molecule has 0 radical (unpaired) electrons. The van der Waals surface area contributed by atoms with Gasteiger partial charge in [0, 0.05) is 28.6 Å². The van der Waals surface area contributed by atoms with Gasteiger partial charge in [-0.05, 0) is 44.2 Å². The van der Waals surface area contributed by atoms with E-state index in [1.165, 1.54) is 11.8 Å². The van der Waals surface area contributed by atoms with Gasteiger partial charge < -0.3 is 29.0 Å². The molecule has 0 saturated carbocycles. The normalized spacial score (nSPS) is 15.2. The maximum Gasteiger partial charge on any atom is 0.338 e. The van der Waals surface area contributed by atoms with Gasteiger partial charge in [-0.25, -0.2) is 9.79 Å². The van der Waals surface area contributed by atoms with Crippen molar-refractivity contribution in [1.29, 1.82) is 0 Å². The molecule has 0 unspecified atom stereocenters. The molecule has 0 aliphatic carbocycles. The number of nitrogens with one attached hydrogen (secondary N) is 1. The quantitative estimate of drug-likeness (QED) is 0.519. The summed E-state index contributed by atoms with van der Waals surface area (Å²) in [6, 6.07) is 10.5. The highest BCUT2D eigenvalue weighted by molar-refractivity contribution is 8.13. The highest BCUT2D eigenvalue weighted by Gasteiger charge is 2.32. The summed E-state index contributed by atoms with van der Waals surface area (Å²) in [5.41, 5.74) is 2.82. The summed E-state index contributed by atoms with van der Waals surface area (Å²) in [7, 11) is 6.43. The fourth-order valence-corrected chi connectivity index (χ4v) is 4.53. The zero-order valence-corrected chi connectivity index (χ0v) is 21.1. The minimum Gasteiger partial charge on any atom is -0.497 e. The van der Waals surface area contributed by atoms with E-state index in [-0.39, 0.29) is 6.61 Å². The highest BCUT2D eigenvalue weighted by Crippen LogP contribution is 2.39. The van der Waals surface area contributed by atoms with Crippen molar-refractivity contribution >= 4 is 22.9 Å². The van der Waals surface area contributed by atoms with Gasteiger partial charge in [0.1, 0.15) is 29.0 Å². The standard InChI is InChI=1S/C25H30N2O6S/c1-7-33-24(28)22-15(2)26-25(34-14-16-12-17(29-3)9-11-20(16)31-5)27-23(22)19-10-8-18(30-4)13-21(19)32-6/h8-13,23H,7,14H2,1-6H3,(H,26,27)/t23-/m1/s1. The summed E-state index contributed by atoms with van der Waals surface area (Å²) in [6.45, 7) is 3.89. The molecule has 2 aromatic rings. The van der Waals surface area contributed by atoms with Crippen molar-refractivity contribution in [2.24, 2.45) is 4.99 Å². The lowest BCUT2D eigenvalue weighted by molar-refractivity contribution is -0.138. The minimum absolute atomic E-state index is 0.267. The van der Waals surface area contributed by atoms with Crippen molar-refractivity contribution in [1.82, 2.24) is 5.32 Å². The van der Waals surface area contributed by atoms with E-state index < -0.39 is 12.0 Å². The first-order valence-electron chi connectivity index (χ1n) is 10.7. The molecule has 1 aliphatic heterocycles. The maximum absolute atomic E-state index is 12.9. The molecule has 1 atom stereocenters. The predicted octanol–water partition coefficient (Wildman–Crippen LogP) is 4.49. The first kappa shape index (κ1) is 25.3. The van der Waals surface area contributed by atoms with Crippen molar-refractivity contribution in [3.05, 3.63) is 58.8 Å². The number of aliphatic imine (C=N–C) groups is 1. The van der Waals surface area contributed by atoms with Gasteiger partial charge in [0.25, 0.3) is 0 Å². The summed E-state index contributed by atoms with van der Waals surface area (Å²) in [5, 5.41) is 3.92. The second kappa shape index (κ2) is 11.7. The van der Waals surface area contributed by atoms with Crippen LogP contribution in [-0.2, 0) is 15.3 Å². The van der Waals surface area contributed by atoms with Crippen LogP contribution in [0.3, 0.4) is 0 Å². The highest BCUT2D eigenvalue weighted by atomic mass is 32.2. The number of allylic oxidation sites excluding steroid dienone is 1. The Morgan fingerprint density at radius 2 is 1.65 bits per heavy atom. The SMILES string of the molecule is CCOC(=O)C1=C(C)NC(SCc2cc(OC)ccc2OC)=N[C@@H]1c1ccc(OC)cc1OC. The fraction of sp³-hybridized carbons (Fsp3) is 0.360. The van der Waals surface area contributed by atoms with E-state index in [2.05, 4.69) is 5.32 Å². The summed E-state index contributed by atoms with van der Waals surface area (Å²) in [5.74, 6) is 2.90. The molecule has 3 rings (SSSR count). The lowest BCUT2D eigenvalue weighted by Gasteiger charge is -2.27. The number of nitrogens with zero attached hydrogens (tertiary/aromatic N) is 1. The second-order valence-electron chi connectivity index (χ2n) is 7.30. The Morgan fingerprint density at radius 1 is 0.971 bits per heavy atom. The van der Waals surface area contributed by atoms with E-state index in [0.29, 0.717) is 33.7 Å². The number of carbonyl (C=O) groups is 1. The molecule has 1 N–H and O–H groups in total. The molecule has 0 fully saturated rings. The van der Waals surface area contributed by atoms with Crippen LogP contribution in [0.25, 0.3) is 0 Å². The fourth-order valence-electron chi connectivity index (χ4n) is 3.60. The average Bonchev–Trinajstić information content (AvgIpc) is 2.86. The number of methoxy groups -OCH3 is 4. The molecule has 182 valence electrons. The van der Waals surface area contributed by atoms with Crippen LogP contribution in [0.1, 0.15) is 31.0 Å². The Labute approximate surface area is 204 Å². The smallest absolute Gasteiger partial charge is 0.338 e. The molecule has 1 heterocycles. The topological polar surface area (TPSA) is 87.6 Å². The van der Waals surface area contributed by atoms with Gasteiger partial charge in [-0.15, -0.1) is 0 Å². The molecule has 0 spiro atoms. The average molecular weight is 487 g/mol. The molecule has 0 amide bonds.